The van der Waals surface area contributed by atoms with Crippen molar-refractivity contribution in [3.8, 4) is 17.4 Å². The van der Waals surface area contributed by atoms with E-state index in [9.17, 15) is 4.79 Å². The molecule has 1 aromatic carbocycles. The van der Waals surface area contributed by atoms with E-state index in [1.54, 1.807) is 19.4 Å². The van der Waals surface area contributed by atoms with E-state index < -0.39 is 0 Å². The van der Waals surface area contributed by atoms with E-state index >= 15 is 0 Å². The number of carbonyl (C=O) groups is 1. The highest BCUT2D eigenvalue weighted by molar-refractivity contribution is 5.85. The summed E-state index contributed by atoms with van der Waals surface area (Å²) in [6.45, 7) is 3.39. The fourth-order valence-electron chi connectivity index (χ4n) is 3.12. The van der Waals surface area contributed by atoms with Crippen LogP contribution in [0.3, 0.4) is 0 Å². The number of aromatic nitrogens is 1. The highest BCUT2D eigenvalue weighted by Crippen LogP contribution is 2.26. The van der Waals surface area contributed by atoms with Crippen LogP contribution in [-0.4, -0.2) is 30.6 Å². The monoisotopic (exact) mass is 391 g/mol. The maximum absolute atomic E-state index is 12.5. The van der Waals surface area contributed by atoms with Gasteiger partial charge in [0.2, 0.25) is 11.8 Å². The lowest BCUT2D eigenvalue weighted by Crippen LogP contribution is -2.42. The molecule has 2 aromatic rings. The van der Waals surface area contributed by atoms with Crippen molar-refractivity contribution in [3.63, 3.8) is 0 Å². The molecule has 1 amide bonds. The first-order chi connectivity index (χ1) is 12.7. The highest BCUT2D eigenvalue weighted by Gasteiger charge is 2.24. The summed E-state index contributed by atoms with van der Waals surface area (Å²) < 4.78 is 11.1. The number of pyridine rings is 1. The van der Waals surface area contributed by atoms with Crippen LogP contribution >= 0.6 is 12.4 Å². The quantitative estimate of drug-likeness (QED) is 0.790. The van der Waals surface area contributed by atoms with Crippen molar-refractivity contribution in [2.75, 3.05) is 13.7 Å². The molecule has 1 fully saturated rings. The Morgan fingerprint density at radius 1 is 1.30 bits per heavy atom. The van der Waals surface area contributed by atoms with Gasteiger partial charge < -0.3 is 20.1 Å². The molecule has 7 heteroatoms. The lowest BCUT2D eigenvalue weighted by molar-refractivity contribution is -0.126. The van der Waals surface area contributed by atoms with Gasteiger partial charge in [-0.2, -0.15) is 0 Å². The Morgan fingerprint density at radius 3 is 2.89 bits per heavy atom. The van der Waals surface area contributed by atoms with Gasteiger partial charge in [0.1, 0.15) is 11.5 Å². The summed E-state index contributed by atoms with van der Waals surface area (Å²) in [5.74, 6) is 2.00. The van der Waals surface area contributed by atoms with Crippen molar-refractivity contribution in [3.05, 3.63) is 48.2 Å². The summed E-state index contributed by atoms with van der Waals surface area (Å²) in [6, 6.07) is 11.5. The Hall–Kier alpha value is -2.31. The van der Waals surface area contributed by atoms with Gasteiger partial charge in [0.15, 0.2) is 0 Å². The minimum atomic E-state index is 0. The van der Waals surface area contributed by atoms with E-state index in [2.05, 4.69) is 22.5 Å². The van der Waals surface area contributed by atoms with Gasteiger partial charge in [-0.25, -0.2) is 4.98 Å². The standard InChI is InChI=1S/C20H25N3O3.ClH/c1-14-11-15(8-10-21-14)19(24)23-13-16-5-4-9-22-20(16)26-18-7-3-6-17(12-18)25-2;/h3-7,9,12,14-15,21H,8,10-11,13H2,1-2H3,(H,23,24);1H/t14-,15-;/m0./s1. The fraction of sp³-hybridized carbons (Fsp3) is 0.400. The molecule has 1 aliphatic rings. The number of amides is 1. The molecule has 6 nitrogen and oxygen atoms in total. The van der Waals surface area contributed by atoms with Gasteiger partial charge in [-0.05, 0) is 44.5 Å². The molecule has 0 unspecified atom stereocenters. The highest BCUT2D eigenvalue weighted by atomic mass is 35.5. The van der Waals surface area contributed by atoms with E-state index in [1.807, 2.05) is 30.3 Å². The summed E-state index contributed by atoms with van der Waals surface area (Å²) >= 11 is 0. The molecule has 0 spiro atoms. The first-order valence-corrected chi connectivity index (χ1v) is 8.92. The van der Waals surface area contributed by atoms with E-state index in [0.717, 1.165) is 24.9 Å². The molecule has 2 heterocycles. The topological polar surface area (TPSA) is 72.5 Å². The largest absolute Gasteiger partial charge is 0.497 e. The van der Waals surface area contributed by atoms with Crippen molar-refractivity contribution in [2.24, 2.45) is 5.92 Å². The average Bonchev–Trinajstić information content (AvgIpc) is 2.67. The number of hydrogen-bond donors (Lipinski definition) is 2. The molecule has 27 heavy (non-hydrogen) atoms. The Morgan fingerprint density at radius 2 is 2.11 bits per heavy atom. The predicted octanol–water partition coefficient (Wildman–Crippen LogP) is 3.31. The number of nitrogens with zero attached hydrogens (tertiary/aromatic N) is 1. The van der Waals surface area contributed by atoms with Crippen LogP contribution < -0.4 is 20.1 Å². The molecule has 2 atom stereocenters. The molecule has 1 aliphatic heterocycles. The molecular weight excluding hydrogens is 366 g/mol. The number of benzene rings is 1. The molecule has 0 radical (unpaired) electrons. The minimum absolute atomic E-state index is 0. The van der Waals surface area contributed by atoms with Crippen molar-refractivity contribution in [1.82, 2.24) is 15.6 Å². The van der Waals surface area contributed by atoms with E-state index in [4.69, 9.17) is 9.47 Å². The van der Waals surface area contributed by atoms with E-state index in [0.29, 0.717) is 30.0 Å². The van der Waals surface area contributed by atoms with Crippen LogP contribution in [-0.2, 0) is 11.3 Å². The third-order valence-corrected chi connectivity index (χ3v) is 4.55. The third-order valence-electron chi connectivity index (χ3n) is 4.55. The molecule has 146 valence electrons. The summed E-state index contributed by atoms with van der Waals surface area (Å²) in [7, 11) is 1.61. The van der Waals surface area contributed by atoms with Gasteiger partial charge in [-0.1, -0.05) is 12.1 Å². The number of nitrogens with one attached hydrogen (secondary N) is 2. The summed E-state index contributed by atoms with van der Waals surface area (Å²) in [4.78, 5) is 16.8. The zero-order chi connectivity index (χ0) is 18.4. The van der Waals surface area contributed by atoms with Gasteiger partial charge in [0.05, 0.1) is 7.11 Å². The average molecular weight is 392 g/mol. The summed E-state index contributed by atoms with van der Waals surface area (Å²) in [6.07, 6.45) is 3.41. The lowest BCUT2D eigenvalue weighted by atomic mass is 9.92. The number of ether oxygens (including phenoxy) is 2. The normalized spacial score (nSPS) is 18.9. The number of methoxy groups -OCH3 is 1. The zero-order valence-electron chi connectivity index (χ0n) is 15.6. The molecule has 3 rings (SSSR count). The molecule has 2 N–H and O–H groups in total. The van der Waals surface area contributed by atoms with Crippen molar-refractivity contribution in [1.29, 1.82) is 0 Å². The van der Waals surface area contributed by atoms with Gasteiger partial charge in [0, 0.05) is 36.3 Å². The Kier molecular flexibility index (Phi) is 7.88. The van der Waals surface area contributed by atoms with Gasteiger partial charge in [0.25, 0.3) is 0 Å². The molecule has 1 saturated heterocycles. The van der Waals surface area contributed by atoms with Gasteiger partial charge >= 0.3 is 0 Å². The first kappa shape index (κ1) is 21.0. The Bertz CT molecular complexity index is 757. The maximum atomic E-state index is 12.5. The number of hydrogen-bond acceptors (Lipinski definition) is 5. The Labute approximate surface area is 166 Å². The van der Waals surface area contributed by atoms with E-state index in [-0.39, 0.29) is 24.2 Å². The lowest BCUT2D eigenvalue weighted by Gasteiger charge is -2.27. The van der Waals surface area contributed by atoms with Crippen molar-refractivity contribution in [2.45, 2.75) is 32.4 Å². The third kappa shape index (κ3) is 5.84. The van der Waals surface area contributed by atoms with Crippen LogP contribution in [0.15, 0.2) is 42.6 Å². The van der Waals surface area contributed by atoms with Crippen molar-refractivity contribution < 1.29 is 14.3 Å². The van der Waals surface area contributed by atoms with Crippen LogP contribution in [0.25, 0.3) is 0 Å². The second-order valence-electron chi connectivity index (χ2n) is 6.54. The SMILES string of the molecule is COc1cccc(Oc2ncccc2CNC(=O)[C@H]2CCN[C@@H](C)C2)c1.Cl. The molecule has 0 aliphatic carbocycles. The van der Waals surface area contributed by atoms with Crippen molar-refractivity contribution >= 4 is 18.3 Å². The fourth-order valence-corrected chi connectivity index (χ4v) is 3.12. The van der Waals surface area contributed by atoms with E-state index in [1.165, 1.54) is 0 Å². The summed E-state index contributed by atoms with van der Waals surface area (Å²) in [5.41, 5.74) is 0.839. The number of halogens is 1. The number of piperidine rings is 1. The van der Waals surface area contributed by atoms with Gasteiger partial charge in [-0.3, -0.25) is 4.79 Å². The molecular formula is C20H26ClN3O3. The smallest absolute Gasteiger partial charge is 0.224 e. The van der Waals surface area contributed by atoms with Gasteiger partial charge in [-0.15, -0.1) is 12.4 Å². The second kappa shape index (κ2) is 10.1. The number of rotatable bonds is 6. The molecule has 0 bridgehead atoms. The second-order valence-corrected chi connectivity index (χ2v) is 6.54. The number of carbonyl (C=O) groups excluding carboxylic acids is 1. The minimum Gasteiger partial charge on any atom is -0.497 e. The molecule has 0 saturated carbocycles. The van der Waals surface area contributed by atoms with Crippen LogP contribution in [0, 0.1) is 5.92 Å². The predicted molar refractivity (Wildman–Crippen MR) is 107 cm³/mol. The van der Waals surface area contributed by atoms with Crippen LogP contribution in [0.1, 0.15) is 25.3 Å². The first-order valence-electron chi connectivity index (χ1n) is 8.92. The van der Waals surface area contributed by atoms with Crippen LogP contribution in [0.4, 0.5) is 0 Å². The summed E-state index contributed by atoms with van der Waals surface area (Å²) in [5, 5.41) is 6.39. The zero-order valence-corrected chi connectivity index (χ0v) is 16.4. The molecule has 1 aromatic heterocycles. The Balaban J connectivity index is 0.00000261. The van der Waals surface area contributed by atoms with Crippen LogP contribution in [0.5, 0.6) is 17.4 Å². The maximum Gasteiger partial charge on any atom is 0.224 e. The van der Waals surface area contributed by atoms with Crippen LogP contribution in [0.2, 0.25) is 0 Å².